The molecule has 1 unspecified atom stereocenters. The first kappa shape index (κ1) is 16.5. The number of nitrogens with two attached hydrogens (primary N) is 1. The zero-order valence-corrected chi connectivity index (χ0v) is 14.4. The molecule has 1 heterocycles. The third-order valence-electron chi connectivity index (χ3n) is 3.48. The quantitative estimate of drug-likeness (QED) is 0.849. The summed E-state index contributed by atoms with van der Waals surface area (Å²) in [7, 11) is 0. The van der Waals surface area contributed by atoms with Crippen LogP contribution in [0.3, 0.4) is 0 Å². The second-order valence-electron chi connectivity index (χ2n) is 4.86. The van der Waals surface area contributed by atoms with Crippen LogP contribution in [0.2, 0.25) is 5.02 Å². The summed E-state index contributed by atoms with van der Waals surface area (Å²) < 4.78 is 16.2. The highest BCUT2D eigenvalue weighted by Gasteiger charge is 2.18. The van der Waals surface area contributed by atoms with Crippen LogP contribution in [0.5, 0.6) is 0 Å². The third-order valence-corrected chi connectivity index (χ3v) is 4.68. The van der Waals surface area contributed by atoms with Crippen molar-refractivity contribution in [2.24, 2.45) is 5.73 Å². The molecule has 1 aromatic carbocycles. The highest BCUT2D eigenvalue weighted by Crippen LogP contribution is 2.27. The van der Waals surface area contributed by atoms with Crippen molar-refractivity contribution >= 4 is 27.5 Å². The van der Waals surface area contributed by atoms with E-state index in [1.54, 1.807) is 12.1 Å². The minimum atomic E-state index is -0.430. The van der Waals surface area contributed by atoms with Crippen LogP contribution >= 0.6 is 27.5 Å². The van der Waals surface area contributed by atoms with E-state index in [1.165, 1.54) is 6.07 Å². The van der Waals surface area contributed by atoms with Crippen molar-refractivity contribution in [3.8, 4) is 0 Å². The molecule has 0 amide bonds. The second-order valence-corrected chi connectivity index (χ2v) is 6.06. The molecule has 2 rings (SSSR count). The number of benzene rings is 1. The van der Waals surface area contributed by atoms with Crippen molar-refractivity contribution in [1.82, 2.24) is 9.78 Å². The molecule has 1 aromatic heterocycles. The van der Waals surface area contributed by atoms with Crippen molar-refractivity contribution in [1.29, 1.82) is 0 Å². The molecule has 2 N–H and O–H groups in total. The van der Waals surface area contributed by atoms with Crippen LogP contribution in [0.25, 0.3) is 0 Å². The first-order valence-corrected chi connectivity index (χ1v) is 8.09. The van der Waals surface area contributed by atoms with E-state index in [0.29, 0.717) is 6.42 Å². The van der Waals surface area contributed by atoms with E-state index < -0.39 is 5.82 Å². The van der Waals surface area contributed by atoms with Gasteiger partial charge in [-0.1, -0.05) is 24.6 Å². The fourth-order valence-electron chi connectivity index (χ4n) is 2.28. The Hall–Kier alpha value is -0.910. The number of nitrogens with zero attached hydrogens (tertiary/aromatic N) is 2. The van der Waals surface area contributed by atoms with Gasteiger partial charge in [0.2, 0.25) is 0 Å². The predicted octanol–water partition coefficient (Wildman–Crippen LogP) is 4.26. The molecule has 0 aliphatic heterocycles. The molecule has 2 aromatic rings. The van der Waals surface area contributed by atoms with Gasteiger partial charge in [-0.3, -0.25) is 4.68 Å². The van der Waals surface area contributed by atoms with Crippen LogP contribution in [0.4, 0.5) is 4.39 Å². The Morgan fingerprint density at radius 3 is 2.71 bits per heavy atom. The van der Waals surface area contributed by atoms with Gasteiger partial charge >= 0.3 is 0 Å². The van der Waals surface area contributed by atoms with Gasteiger partial charge < -0.3 is 5.73 Å². The first-order valence-electron chi connectivity index (χ1n) is 6.92. The summed E-state index contributed by atoms with van der Waals surface area (Å²) in [6.45, 7) is 4.89. The van der Waals surface area contributed by atoms with Gasteiger partial charge in [0.05, 0.1) is 20.9 Å². The molecule has 21 heavy (non-hydrogen) atoms. The summed E-state index contributed by atoms with van der Waals surface area (Å²) in [6, 6.07) is 4.35. The second kappa shape index (κ2) is 6.90. The molecule has 0 aliphatic rings. The topological polar surface area (TPSA) is 43.8 Å². The fraction of sp³-hybridized carbons (Fsp3) is 0.400. The van der Waals surface area contributed by atoms with Crippen LogP contribution in [0.15, 0.2) is 22.7 Å². The van der Waals surface area contributed by atoms with Crippen molar-refractivity contribution < 1.29 is 4.39 Å². The molecule has 114 valence electrons. The van der Waals surface area contributed by atoms with Crippen LogP contribution in [-0.2, 0) is 19.4 Å². The molecule has 3 nitrogen and oxygen atoms in total. The number of aryl methyl sites for hydroxylation is 2. The lowest BCUT2D eigenvalue weighted by Gasteiger charge is -2.14. The molecule has 0 saturated heterocycles. The van der Waals surface area contributed by atoms with Gasteiger partial charge in [0.25, 0.3) is 0 Å². The largest absolute Gasteiger partial charge is 0.324 e. The van der Waals surface area contributed by atoms with Crippen molar-refractivity contribution in [3.05, 3.63) is 50.5 Å². The van der Waals surface area contributed by atoms with Gasteiger partial charge in [0.1, 0.15) is 5.82 Å². The van der Waals surface area contributed by atoms with E-state index >= 15 is 0 Å². The average molecular weight is 375 g/mol. The molecule has 0 saturated carbocycles. The molecule has 0 radical (unpaired) electrons. The van der Waals surface area contributed by atoms with Gasteiger partial charge in [-0.2, -0.15) is 5.10 Å². The Bertz CT molecular complexity index is 642. The van der Waals surface area contributed by atoms with Crippen molar-refractivity contribution in [3.63, 3.8) is 0 Å². The van der Waals surface area contributed by atoms with E-state index in [0.717, 1.165) is 34.4 Å². The lowest BCUT2D eigenvalue weighted by molar-refractivity contribution is 0.583. The SMILES string of the molecule is CCc1nn(CC)c(CC(N)c2ccc(F)c(Cl)c2)c1Br. The van der Waals surface area contributed by atoms with Crippen LogP contribution in [0.1, 0.15) is 36.8 Å². The zero-order valence-electron chi connectivity index (χ0n) is 12.0. The van der Waals surface area contributed by atoms with Gasteiger partial charge in [-0.15, -0.1) is 0 Å². The number of aromatic nitrogens is 2. The maximum absolute atomic E-state index is 13.2. The molecular weight excluding hydrogens is 357 g/mol. The summed E-state index contributed by atoms with van der Waals surface area (Å²) in [5.41, 5.74) is 9.14. The van der Waals surface area contributed by atoms with Crippen molar-refractivity contribution in [2.75, 3.05) is 0 Å². The monoisotopic (exact) mass is 373 g/mol. The van der Waals surface area contributed by atoms with Gasteiger partial charge in [0.15, 0.2) is 0 Å². The number of rotatable bonds is 5. The van der Waals surface area contributed by atoms with E-state index in [2.05, 4.69) is 28.0 Å². The van der Waals surface area contributed by atoms with Crippen molar-refractivity contribution in [2.45, 2.75) is 39.3 Å². The normalized spacial score (nSPS) is 12.7. The first-order chi connectivity index (χ1) is 9.97. The Kier molecular flexibility index (Phi) is 5.41. The van der Waals surface area contributed by atoms with E-state index in [1.807, 2.05) is 11.6 Å². The predicted molar refractivity (Wildman–Crippen MR) is 87.0 cm³/mol. The van der Waals surface area contributed by atoms with Crippen LogP contribution in [-0.4, -0.2) is 9.78 Å². The highest BCUT2D eigenvalue weighted by molar-refractivity contribution is 9.10. The molecule has 6 heteroatoms. The molecule has 0 fully saturated rings. The van der Waals surface area contributed by atoms with Crippen LogP contribution in [0, 0.1) is 5.82 Å². The maximum atomic E-state index is 13.2. The Morgan fingerprint density at radius 2 is 2.14 bits per heavy atom. The standard InChI is InChI=1S/C15H18BrClFN3/c1-3-13-15(16)14(21(4-2)20-13)8-12(19)9-5-6-11(18)10(17)7-9/h5-7,12H,3-4,8,19H2,1-2H3. The summed E-state index contributed by atoms with van der Waals surface area (Å²) in [4.78, 5) is 0. The van der Waals surface area contributed by atoms with Gasteiger partial charge in [0, 0.05) is 19.0 Å². The smallest absolute Gasteiger partial charge is 0.141 e. The van der Waals surface area contributed by atoms with E-state index in [-0.39, 0.29) is 11.1 Å². The number of hydrogen-bond acceptors (Lipinski definition) is 2. The van der Waals surface area contributed by atoms with Crippen LogP contribution < -0.4 is 5.73 Å². The minimum absolute atomic E-state index is 0.0975. The molecule has 0 bridgehead atoms. The zero-order chi connectivity index (χ0) is 15.6. The summed E-state index contributed by atoms with van der Waals surface area (Å²) >= 11 is 9.43. The number of hydrogen-bond donors (Lipinski definition) is 1. The van der Waals surface area contributed by atoms with E-state index in [4.69, 9.17) is 17.3 Å². The minimum Gasteiger partial charge on any atom is -0.324 e. The molecule has 1 atom stereocenters. The number of halogens is 3. The average Bonchev–Trinajstić information content (AvgIpc) is 2.78. The Labute approximate surface area is 137 Å². The lowest BCUT2D eigenvalue weighted by atomic mass is 10.0. The van der Waals surface area contributed by atoms with Gasteiger partial charge in [-0.25, -0.2) is 4.39 Å². The maximum Gasteiger partial charge on any atom is 0.141 e. The Morgan fingerprint density at radius 1 is 1.43 bits per heavy atom. The summed E-state index contributed by atoms with van der Waals surface area (Å²) in [5, 5.41) is 4.65. The lowest BCUT2D eigenvalue weighted by Crippen LogP contribution is -2.16. The van der Waals surface area contributed by atoms with Gasteiger partial charge in [-0.05, 0) is 47.0 Å². The molecule has 0 aliphatic carbocycles. The Balaban J connectivity index is 2.28. The summed E-state index contributed by atoms with van der Waals surface area (Å²) in [5.74, 6) is -0.430. The van der Waals surface area contributed by atoms with E-state index in [9.17, 15) is 4.39 Å². The molecule has 0 spiro atoms. The third kappa shape index (κ3) is 3.47. The highest BCUT2D eigenvalue weighted by atomic mass is 79.9. The molecular formula is C15H18BrClFN3. The summed E-state index contributed by atoms with van der Waals surface area (Å²) in [6.07, 6.45) is 1.47. The fourth-order valence-corrected chi connectivity index (χ4v) is 3.20.